The molecule has 0 aromatic rings. The van der Waals surface area contributed by atoms with E-state index in [2.05, 4.69) is 23.6 Å². The molecule has 14 heavy (non-hydrogen) atoms. The Balaban J connectivity index is -0.0000000178. The molecule has 0 aromatic heterocycles. The van der Waals surface area contributed by atoms with Gasteiger partial charge in [-0.15, -0.1) is 0 Å². The minimum absolute atomic E-state index is 0. The fourth-order valence-electron chi connectivity index (χ4n) is 0. The van der Waals surface area contributed by atoms with E-state index in [1.54, 1.807) is 0 Å². The monoisotopic (exact) mass is 299 g/mol. The van der Waals surface area contributed by atoms with Crippen LogP contribution in [0.3, 0.4) is 0 Å². The maximum atomic E-state index is 8.92. The quantitative estimate of drug-likeness (QED) is 0.317. The summed E-state index contributed by atoms with van der Waals surface area (Å²) >= 11 is 6.54. The fraction of sp³-hybridized carbons (Fsp3) is 0. The molecule has 0 saturated carbocycles. The predicted octanol–water partition coefficient (Wildman–Crippen LogP) is -14.4. The summed E-state index contributed by atoms with van der Waals surface area (Å²) < 4.78 is 0. The van der Waals surface area contributed by atoms with Crippen molar-refractivity contribution in [3.8, 4) is 0 Å². The molecule has 0 saturated heterocycles. The molecule has 6 nitrogen and oxygen atoms in total. The van der Waals surface area contributed by atoms with Crippen LogP contribution >= 0.6 is 13.4 Å². The summed E-state index contributed by atoms with van der Waals surface area (Å²) in [4.78, 5) is 53.5. The molecular weight excluding hydrogens is 299 g/mol. The molecule has 0 aliphatic heterocycles. The van der Waals surface area contributed by atoms with Gasteiger partial charge in [-0.25, -0.2) is 0 Å². The predicted molar refractivity (Wildman–Crippen MR) is 28.6 cm³/mol. The van der Waals surface area contributed by atoms with Crippen molar-refractivity contribution in [2.45, 2.75) is 0 Å². The zero-order valence-corrected chi connectivity index (χ0v) is 12.0. The molecule has 0 unspecified atom stereocenters. The van der Waals surface area contributed by atoms with Crippen molar-refractivity contribution < 1.29 is 103 Å². The Morgan fingerprint density at radius 3 is 0.571 bits per heavy atom. The maximum absolute atomic E-state index is 8.92. The Labute approximate surface area is 138 Å². The molecule has 0 N–H and O–H groups in total. The van der Waals surface area contributed by atoms with Crippen LogP contribution in [0.15, 0.2) is 0 Å². The van der Waals surface area contributed by atoms with E-state index in [0.29, 0.717) is 0 Å². The van der Waals surface area contributed by atoms with Gasteiger partial charge in [0.25, 0.3) is 0 Å². The molecule has 0 amide bonds. The van der Waals surface area contributed by atoms with Crippen LogP contribution in [0.4, 0.5) is 0 Å². The van der Waals surface area contributed by atoms with Gasteiger partial charge in [-0.05, 0) is 0 Å². The van der Waals surface area contributed by atoms with E-state index in [1.165, 1.54) is 0 Å². The van der Waals surface area contributed by atoms with Crippen LogP contribution in [-0.4, -0.2) is 0 Å². The van der Waals surface area contributed by atoms with E-state index >= 15 is 0 Å². The average Bonchev–Trinajstić information content (AvgIpc) is 1.12. The van der Waals surface area contributed by atoms with Gasteiger partial charge in [0.15, 0.2) is 0 Å². The summed E-state index contributed by atoms with van der Waals surface area (Å²) in [5.41, 5.74) is 0. The van der Waals surface area contributed by atoms with E-state index in [0.717, 1.165) is 0 Å². The summed E-state index contributed by atoms with van der Waals surface area (Å²) in [6, 6.07) is 0. The molecule has 0 bridgehead atoms. The van der Waals surface area contributed by atoms with Crippen molar-refractivity contribution in [3.63, 3.8) is 0 Å². The smallest absolute Gasteiger partial charge is 0.844 e. The first-order valence-corrected chi connectivity index (χ1v) is 6.57. The first-order chi connectivity index (χ1) is 4.00. The summed E-state index contributed by atoms with van der Waals surface area (Å²) in [5.74, 6) is 0. The molecule has 0 aliphatic rings. The largest absolute Gasteiger partial charge is 3.00 e. The van der Waals surface area contributed by atoms with Crippen molar-refractivity contribution >= 4 is 37.1 Å². The number of rotatable bonds is 0. The third-order valence-electron chi connectivity index (χ3n) is 0. The zero-order chi connectivity index (χ0) is 9.00. The second kappa shape index (κ2) is 16.4. The fourth-order valence-corrected chi connectivity index (χ4v) is 0. The third kappa shape index (κ3) is 279. The van der Waals surface area contributed by atoms with E-state index < -0.39 is 13.4 Å². The van der Waals surface area contributed by atoms with Crippen molar-refractivity contribution in [1.29, 1.82) is 0 Å². The summed E-state index contributed by atoms with van der Waals surface area (Å²) in [5, 5.41) is 0. The van der Waals surface area contributed by atoms with Gasteiger partial charge in [0.05, 0.1) is 0 Å². The Morgan fingerprint density at radius 2 is 0.571 bits per heavy atom. The molecule has 0 aromatic carbocycles. The zero-order valence-electron chi connectivity index (χ0n) is 7.51. The Hall–Kier alpha value is 3.37. The Morgan fingerprint density at radius 1 is 0.571 bits per heavy atom. The Kier molecular flexibility index (Phi) is 42.1. The van der Waals surface area contributed by atoms with Gasteiger partial charge in [-0.2, -0.15) is 23.6 Å². The van der Waals surface area contributed by atoms with Gasteiger partial charge in [-0.3, -0.25) is 0 Å². The minimum Gasteiger partial charge on any atom is -0.844 e. The van der Waals surface area contributed by atoms with Gasteiger partial charge < -0.3 is 42.8 Å². The first kappa shape index (κ1) is 36.0. The van der Waals surface area contributed by atoms with Gasteiger partial charge in [-0.1, -0.05) is 0 Å². The molecule has 69 valence electrons. The van der Waals surface area contributed by atoms with Crippen molar-refractivity contribution in [2.24, 2.45) is 0 Å². The normalized spacial score (nSPS) is 8.43. The topological polar surface area (TPSA) is 138 Å². The van der Waals surface area contributed by atoms with Crippen LogP contribution < -0.4 is 85.9 Å². The molecule has 14 heteroatoms. The second-order valence-corrected chi connectivity index (χ2v) is 5.37. The average molecular weight is 299 g/mol. The van der Waals surface area contributed by atoms with E-state index in [-0.39, 0.29) is 73.7 Å². The van der Waals surface area contributed by atoms with Crippen LogP contribution in [0.1, 0.15) is 0 Å². The Bertz CT molecular complexity index is 141. The first-order valence-electron chi connectivity index (χ1n) is 1.46. The minimum atomic E-state index is -4.56. The van der Waals surface area contributed by atoms with Crippen LogP contribution in [0.5, 0.6) is 0 Å². The summed E-state index contributed by atoms with van der Waals surface area (Å²) in [7, 11) is 0. The molecule has 0 heterocycles. The maximum Gasteiger partial charge on any atom is 3.00 e. The van der Waals surface area contributed by atoms with Gasteiger partial charge in [0.2, 0.25) is 0 Å². The molecule has 0 aliphatic carbocycles. The van der Waals surface area contributed by atoms with Gasteiger partial charge in [0.1, 0.15) is 0 Å². The van der Waals surface area contributed by atoms with Crippen molar-refractivity contribution in [3.05, 3.63) is 0 Å². The van der Waals surface area contributed by atoms with E-state index in [4.69, 9.17) is 29.4 Å². The molecule has 0 spiro atoms. The number of hydrogen-bond donors (Lipinski definition) is 0. The van der Waals surface area contributed by atoms with Gasteiger partial charge in [0, 0.05) is 0 Å². The SMILES string of the molecule is [Fe+3].[Li+].[Li+].[Li+].[O-]P([O-])([O-])=S.[O-]P([O-])([O-])=S. The third-order valence-corrected chi connectivity index (χ3v) is 0. The summed E-state index contributed by atoms with van der Waals surface area (Å²) in [6.45, 7) is -9.11. The van der Waals surface area contributed by atoms with Crippen molar-refractivity contribution in [2.75, 3.05) is 0 Å². The molecule has 1 radical (unpaired) electrons. The van der Waals surface area contributed by atoms with Gasteiger partial charge >= 0.3 is 73.7 Å². The van der Waals surface area contributed by atoms with Crippen LogP contribution in [-0.2, 0) is 40.7 Å². The van der Waals surface area contributed by atoms with E-state index in [9.17, 15) is 0 Å². The molecule has 0 fully saturated rings. The number of hydrogen-bond acceptors (Lipinski definition) is 8. The van der Waals surface area contributed by atoms with E-state index in [1.807, 2.05) is 0 Å². The molecular formula is FeLi3O6P2S2. The van der Waals surface area contributed by atoms with Crippen LogP contribution in [0, 0.1) is 0 Å². The molecule has 0 atom stereocenters. The second-order valence-electron chi connectivity index (χ2n) is 0.894. The van der Waals surface area contributed by atoms with Crippen LogP contribution in [0.25, 0.3) is 0 Å². The summed E-state index contributed by atoms with van der Waals surface area (Å²) in [6.07, 6.45) is 0. The van der Waals surface area contributed by atoms with Crippen LogP contribution in [0.2, 0.25) is 0 Å². The van der Waals surface area contributed by atoms with Crippen molar-refractivity contribution in [1.82, 2.24) is 0 Å². The standard InChI is InChI=1S/Fe.3Li.2H3O3PS/c;;;;2*1-4(2,3)5/h;;;;2*(H3,1,2,3,5)/q+3;3*+1;;/p-6. The molecule has 0 rings (SSSR count).